The van der Waals surface area contributed by atoms with E-state index in [4.69, 9.17) is 5.11 Å². The van der Waals surface area contributed by atoms with E-state index in [9.17, 15) is 4.79 Å². The molecule has 90 valence electrons. The molecule has 0 amide bonds. The van der Waals surface area contributed by atoms with Gasteiger partial charge in [-0.05, 0) is 14.1 Å². The van der Waals surface area contributed by atoms with E-state index in [-0.39, 0.29) is 6.54 Å². The van der Waals surface area contributed by atoms with Crippen LogP contribution in [0.4, 0.5) is 0 Å². The molecule has 1 N–H and O–H groups in total. The van der Waals surface area contributed by atoms with Gasteiger partial charge in [0, 0.05) is 30.7 Å². The van der Waals surface area contributed by atoms with Crippen molar-refractivity contribution in [1.29, 1.82) is 0 Å². The van der Waals surface area contributed by atoms with Crippen LogP contribution in [0.1, 0.15) is 4.88 Å². The van der Waals surface area contributed by atoms with Crippen molar-refractivity contribution in [1.82, 2.24) is 14.8 Å². The van der Waals surface area contributed by atoms with Gasteiger partial charge in [0.05, 0.1) is 12.1 Å². The highest BCUT2D eigenvalue weighted by Crippen LogP contribution is 2.09. The van der Waals surface area contributed by atoms with E-state index >= 15 is 0 Å². The average Bonchev–Trinajstić information content (AvgIpc) is 2.66. The molecule has 1 aromatic rings. The maximum atomic E-state index is 10.7. The Morgan fingerprint density at radius 1 is 1.50 bits per heavy atom. The van der Waals surface area contributed by atoms with Crippen LogP contribution in [0.3, 0.4) is 0 Å². The van der Waals surface area contributed by atoms with Crippen LogP contribution in [0.2, 0.25) is 0 Å². The minimum absolute atomic E-state index is 0.0751. The maximum Gasteiger partial charge on any atom is 0.317 e. The van der Waals surface area contributed by atoms with Gasteiger partial charge in [0.25, 0.3) is 0 Å². The minimum atomic E-state index is -0.789. The summed E-state index contributed by atoms with van der Waals surface area (Å²) in [4.78, 5) is 19.8. The number of carboxylic acids is 1. The van der Waals surface area contributed by atoms with Gasteiger partial charge in [-0.15, -0.1) is 11.3 Å². The number of carboxylic acid groups (broad SMARTS) is 1. The lowest BCUT2D eigenvalue weighted by atomic mass is 10.4. The first kappa shape index (κ1) is 13.1. The molecule has 0 aliphatic heterocycles. The summed E-state index contributed by atoms with van der Waals surface area (Å²) in [5, 5.41) is 8.81. The molecule has 0 saturated heterocycles. The first-order chi connectivity index (χ1) is 7.58. The van der Waals surface area contributed by atoms with Crippen LogP contribution in [-0.2, 0) is 11.3 Å². The highest BCUT2D eigenvalue weighted by atomic mass is 32.1. The van der Waals surface area contributed by atoms with Crippen LogP contribution in [-0.4, -0.2) is 59.6 Å². The topological polar surface area (TPSA) is 56.7 Å². The normalized spacial score (nSPS) is 11.2. The van der Waals surface area contributed by atoms with Crippen LogP contribution in [0.25, 0.3) is 0 Å². The van der Waals surface area contributed by atoms with Gasteiger partial charge in [-0.1, -0.05) is 0 Å². The highest BCUT2D eigenvalue weighted by molar-refractivity contribution is 7.09. The molecule has 0 bridgehead atoms. The molecule has 6 heteroatoms. The lowest BCUT2D eigenvalue weighted by molar-refractivity contribution is -0.138. The number of thiazole rings is 1. The van der Waals surface area contributed by atoms with Gasteiger partial charge in [-0.25, -0.2) is 0 Å². The predicted molar refractivity (Wildman–Crippen MR) is 63.6 cm³/mol. The van der Waals surface area contributed by atoms with Crippen LogP contribution in [0, 0.1) is 0 Å². The van der Waals surface area contributed by atoms with Crippen molar-refractivity contribution >= 4 is 17.3 Å². The quantitative estimate of drug-likeness (QED) is 0.759. The van der Waals surface area contributed by atoms with E-state index in [1.807, 2.05) is 23.9 Å². The SMILES string of the molecule is CN(C)CCN(CC(=O)O)Cc1cncs1. The molecule has 0 unspecified atom stereocenters. The Kier molecular flexibility index (Phi) is 5.37. The second kappa shape index (κ2) is 6.57. The van der Waals surface area contributed by atoms with E-state index in [0.717, 1.165) is 18.0 Å². The zero-order chi connectivity index (χ0) is 12.0. The number of likely N-dealkylation sites (N-methyl/N-ethyl adjacent to an activating group) is 1. The van der Waals surface area contributed by atoms with Gasteiger partial charge in [0.15, 0.2) is 0 Å². The Labute approximate surface area is 99.3 Å². The van der Waals surface area contributed by atoms with E-state index < -0.39 is 5.97 Å². The average molecular weight is 243 g/mol. The number of rotatable bonds is 7. The third-order valence-corrected chi connectivity index (χ3v) is 2.85. The summed E-state index contributed by atoms with van der Waals surface area (Å²) in [6.07, 6.45) is 1.79. The standard InChI is InChI=1S/C10H17N3O2S/c1-12(2)3-4-13(7-10(14)15)6-9-5-11-8-16-9/h5,8H,3-4,6-7H2,1-2H3,(H,14,15). The summed E-state index contributed by atoms with van der Waals surface area (Å²) < 4.78 is 0. The molecule has 0 spiro atoms. The largest absolute Gasteiger partial charge is 0.480 e. The van der Waals surface area contributed by atoms with E-state index in [0.29, 0.717) is 6.54 Å². The minimum Gasteiger partial charge on any atom is -0.480 e. The number of hydrogen-bond acceptors (Lipinski definition) is 5. The smallest absolute Gasteiger partial charge is 0.317 e. The lowest BCUT2D eigenvalue weighted by Crippen LogP contribution is -2.34. The molecule has 0 aromatic carbocycles. The molecular weight excluding hydrogens is 226 g/mol. The molecule has 5 nitrogen and oxygen atoms in total. The molecule has 0 aliphatic rings. The van der Waals surface area contributed by atoms with E-state index in [1.54, 1.807) is 23.0 Å². The molecule has 0 aliphatic carbocycles. The molecule has 0 atom stereocenters. The van der Waals surface area contributed by atoms with Gasteiger partial charge < -0.3 is 10.0 Å². The van der Waals surface area contributed by atoms with Crippen molar-refractivity contribution in [2.24, 2.45) is 0 Å². The zero-order valence-corrected chi connectivity index (χ0v) is 10.4. The van der Waals surface area contributed by atoms with Crippen LogP contribution >= 0.6 is 11.3 Å². The van der Waals surface area contributed by atoms with Crippen LogP contribution < -0.4 is 0 Å². The number of nitrogens with zero attached hydrogens (tertiary/aromatic N) is 3. The summed E-state index contributed by atoms with van der Waals surface area (Å²) in [5.41, 5.74) is 1.76. The van der Waals surface area contributed by atoms with Crippen molar-refractivity contribution in [2.75, 3.05) is 33.7 Å². The Morgan fingerprint density at radius 2 is 2.25 bits per heavy atom. The third kappa shape index (κ3) is 5.20. The van der Waals surface area contributed by atoms with Crippen LogP contribution in [0.15, 0.2) is 11.7 Å². The fourth-order valence-corrected chi connectivity index (χ4v) is 1.92. The fraction of sp³-hybridized carbons (Fsp3) is 0.600. The third-order valence-electron chi connectivity index (χ3n) is 2.09. The van der Waals surface area contributed by atoms with Gasteiger partial charge in [-0.2, -0.15) is 0 Å². The van der Waals surface area contributed by atoms with Gasteiger partial charge in [0.2, 0.25) is 0 Å². The van der Waals surface area contributed by atoms with E-state index in [1.165, 1.54) is 0 Å². The maximum absolute atomic E-state index is 10.7. The first-order valence-corrected chi connectivity index (χ1v) is 5.92. The summed E-state index contributed by atoms with van der Waals surface area (Å²) >= 11 is 1.55. The number of aliphatic carboxylic acids is 1. The summed E-state index contributed by atoms with van der Waals surface area (Å²) in [6, 6.07) is 0. The first-order valence-electron chi connectivity index (χ1n) is 5.04. The Hall–Kier alpha value is -0.980. The second-order valence-electron chi connectivity index (χ2n) is 3.88. The molecule has 1 rings (SSSR count). The second-order valence-corrected chi connectivity index (χ2v) is 4.85. The summed E-state index contributed by atoms with van der Waals surface area (Å²) in [5.74, 6) is -0.789. The Morgan fingerprint density at radius 3 is 2.75 bits per heavy atom. The molecule has 1 aromatic heterocycles. The molecule has 1 heterocycles. The fourth-order valence-electron chi connectivity index (χ4n) is 1.29. The van der Waals surface area contributed by atoms with Gasteiger partial charge >= 0.3 is 5.97 Å². The van der Waals surface area contributed by atoms with Crippen molar-refractivity contribution in [3.63, 3.8) is 0 Å². The van der Waals surface area contributed by atoms with Crippen molar-refractivity contribution in [3.05, 3.63) is 16.6 Å². The molecule has 16 heavy (non-hydrogen) atoms. The molecule has 0 fully saturated rings. The number of carbonyl (C=O) groups is 1. The lowest BCUT2D eigenvalue weighted by Gasteiger charge is -2.21. The summed E-state index contributed by atoms with van der Waals surface area (Å²) in [6.45, 7) is 2.33. The molecule has 0 radical (unpaired) electrons. The Balaban J connectivity index is 2.46. The Bertz CT molecular complexity index is 314. The highest BCUT2D eigenvalue weighted by Gasteiger charge is 2.11. The summed E-state index contributed by atoms with van der Waals surface area (Å²) in [7, 11) is 3.96. The van der Waals surface area contributed by atoms with E-state index in [2.05, 4.69) is 4.98 Å². The number of hydrogen-bond donors (Lipinski definition) is 1. The van der Waals surface area contributed by atoms with Gasteiger partial charge in [0.1, 0.15) is 0 Å². The number of aromatic nitrogens is 1. The van der Waals surface area contributed by atoms with Crippen LogP contribution in [0.5, 0.6) is 0 Å². The van der Waals surface area contributed by atoms with Crippen molar-refractivity contribution in [3.8, 4) is 0 Å². The monoisotopic (exact) mass is 243 g/mol. The molecule has 0 saturated carbocycles. The van der Waals surface area contributed by atoms with Crippen molar-refractivity contribution < 1.29 is 9.90 Å². The van der Waals surface area contributed by atoms with Crippen molar-refractivity contribution in [2.45, 2.75) is 6.54 Å². The van der Waals surface area contributed by atoms with Gasteiger partial charge in [-0.3, -0.25) is 14.7 Å². The molecular formula is C10H17N3O2S. The zero-order valence-electron chi connectivity index (χ0n) is 9.59. The predicted octanol–water partition coefficient (Wildman–Crippen LogP) is 0.591.